The highest BCUT2D eigenvalue weighted by atomic mass is 16.3. The van der Waals surface area contributed by atoms with E-state index in [1.54, 1.807) is 0 Å². The minimum Gasteiger partial charge on any atom is -0.383 e. The maximum absolute atomic E-state index is 11.0. The van der Waals surface area contributed by atoms with Crippen LogP contribution in [0.3, 0.4) is 0 Å². The topological polar surface area (TPSA) is 36.4 Å². The molecule has 2 atom stereocenters. The Kier molecular flexibility index (Phi) is 2.72. The number of piperidine rings is 1. The summed E-state index contributed by atoms with van der Waals surface area (Å²) >= 11 is 0. The van der Waals surface area contributed by atoms with Crippen LogP contribution in [0.1, 0.15) is 42.5 Å². The van der Waals surface area contributed by atoms with Crippen LogP contribution in [0.5, 0.6) is 0 Å². The summed E-state index contributed by atoms with van der Waals surface area (Å²) in [6, 6.07) is 3.17. The third-order valence-electron chi connectivity index (χ3n) is 4.79. The van der Waals surface area contributed by atoms with E-state index >= 15 is 0 Å². The van der Waals surface area contributed by atoms with Gasteiger partial charge in [-0.05, 0) is 57.7 Å². The van der Waals surface area contributed by atoms with Crippen LogP contribution in [0.4, 0.5) is 0 Å². The third kappa shape index (κ3) is 1.77. The number of rotatable bonds is 1. The number of pyridine rings is 1. The first-order chi connectivity index (χ1) is 8.49. The lowest BCUT2D eigenvalue weighted by molar-refractivity contribution is -0.0528. The summed E-state index contributed by atoms with van der Waals surface area (Å²) in [5.74, 6) is 0. The van der Waals surface area contributed by atoms with Crippen molar-refractivity contribution in [1.82, 2.24) is 9.88 Å². The molecular formula is C15H22N2O. The van der Waals surface area contributed by atoms with Crippen molar-refractivity contribution in [3.63, 3.8) is 0 Å². The van der Waals surface area contributed by atoms with Crippen molar-refractivity contribution in [2.24, 2.45) is 0 Å². The fraction of sp³-hybridized carbons (Fsp3) is 0.667. The molecule has 0 amide bonds. The van der Waals surface area contributed by atoms with Gasteiger partial charge in [-0.1, -0.05) is 6.07 Å². The number of aryl methyl sites for hydroxylation is 2. The maximum Gasteiger partial charge on any atom is 0.110 e. The second kappa shape index (κ2) is 4.04. The molecule has 3 heteroatoms. The molecule has 2 saturated heterocycles. The summed E-state index contributed by atoms with van der Waals surface area (Å²) in [6.45, 7) is 4.11. The molecule has 3 rings (SSSR count). The Balaban J connectivity index is 1.96. The Labute approximate surface area is 109 Å². The van der Waals surface area contributed by atoms with Crippen molar-refractivity contribution < 1.29 is 5.11 Å². The third-order valence-corrected chi connectivity index (χ3v) is 4.79. The first kappa shape index (κ1) is 12.1. The summed E-state index contributed by atoms with van der Waals surface area (Å²) in [5, 5.41) is 11.0. The van der Waals surface area contributed by atoms with Crippen LogP contribution in [0.2, 0.25) is 0 Å². The van der Waals surface area contributed by atoms with Gasteiger partial charge in [-0.15, -0.1) is 0 Å². The first-order valence-corrected chi connectivity index (χ1v) is 6.88. The zero-order valence-corrected chi connectivity index (χ0v) is 11.5. The van der Waals surface area contributed by atoms with E-state index in [1.807, 2.05) is 13.1 Å². The van der Waals surface area contributed by atoms with Crippen LogP contribution in [0.15, 0.2) is 12.3 Å². The lowest BCUT2D eigenvalue weighted by Crippen LogP contribution is -2.48. The average molecular weight is 246 g/mol. The maximum atomic E-state index is 11.0. The molecule has 0 aromatic carbocycles. The molecule has 98 valence electrons. The van der Waals surface area contributed by atoms with E-state index in [1.165, 1.54) is 12.8 Å². The van der Waals surface area contributed by atoms with Crippen molar-refractivity contribution in [3.8, 4) is 0 Å². The molecule has 3 nitrogen and oxygen atoms in total. The lowest BCUT2D eigenvalue weighted by atomic mass is 9.82. The Morgan fingerprint density at radius 3 is 2.44 bits per heavy atom. The molecule has 2 aliphatic heterocycles. The highest BCUT2D eigenvalue weighted by Crippen LogP contribution is 2.44. The molecule has 2 bridgehead atoms. The van der Waals surface area contributed by atoms with Gasteiger partial charge in [-0.25, -0.2) is 0 Å². The highest BCUT2D eigenvalue weighted by Gasteiger charge is 2.47. The van der Waals surface area contributed by atoms with Gasteiger partial charge < -0.3 is 10.0 Å². The molecule has 1 aromatic heterocycles. The van der Waals surface area contributed by atoms with Crippen LogP contribution in [0, 0.1) is 13.8 Å². The van der Waals surface area contributed by atoms with Crippen molar-refractivity contribution in [3.05, 3.63) is 29.1 Å². The molecule has 0 radical (unpaired) electrons. The van der Waals surface area contributed by atoms with Gasteiger partial charge in [0.15, 0.2) is 0 Å². The predicted octanol–water partition coefficient (Wildman–Crippen LogP) is 2.14. The number of hydrogen-bond acceptors (Lipinski definition) is 3. The number of aliphatic hydroxyl groups is 1. The van der Waals surface area contributed by atoms with Crippen LogP contribution < -0.4 is 0 Å². The highest BCUT2D eigenvalue weighted by molar-refractivity contribution is 5.29. The standard InChI is InChI=1S/C15H22N2O/c1-10-6-11(2)14(16-9-10)15(18)7-12-4-5-13(8-15)17(12)3/h6,9,12-13,18H,4-5,7-8H2,1-3H3. The minimum atomic E-state index is -0.712. The fourth-order valence-electron chi connectivity index (χ4n) is 3.84. The van der Waals surface area contributed by atoms with E-state index in [0.717, 1.165) is 29.7 Å². The largest absolute Gasteiger partial charge is 0.383 e. The summed E-state index contributed by atoms with van der Waals surface area (Å²) < 4.78 is 0. The van der Waals surface area contributed by atoms with Gasteiger partial charge in [-0.2, -0.15) is 0 Å². The van der Waals surface area contributed by atoms with Crippen molar-refractivity contribution in [2.45, 2.75) is 57.2 Å². The zero-order chi connectivity index (χ0) is 12.9. The van der Waals surface area contributed by atoms with Crippen LogP contribution in [-0.4, -0.2) is 34.1 Å². The Bertz CT molecular complexity index is 458. The van der Waals surface area contributed by atoms with Gasteiger partial charge in [0.25, 0.3) is 0 Å². The van der Waals surface area contributed by atoms with E-state index in [-0.39, 0.29) is 0 Å². The van der Waals surface area contributed by atoms with Gasteiger partial charge >= 0.3 is 0 Å². The van der Waals surface area contributed by atoms with E-state index in [2.05, 4.69) is 29.9 Å². The molecule has 0 spiro atoms. The molecule has 2 unspecified atom stereocenters. The van der Waals surface area contributed by atoms with E-state index < -0.39 is 5.60 Å². The van der Waals surface area contributed by atoms with E-state index in [4.69, 9.17) is 0 Å². The molecular weight excluding hydrogens is 224 g/mol. The number of aromatic nitrogens is 1. The van der Waals surface area contributed by atoms with Gasteiger partial charge in [-0.3, -0.25) is 4.98 Å². The lowest BCUT2D eigenvalue weighted by Gasteiger charge is -2.42. The number of nitrogens with zero attached hydrogens (tertiary/aromatic N) is 2. The molecule has 0 saturated carbocycles. The average Bonchev–Trinajstić information content (AvgIpc) is 2.53. The molecule has 2 aliphatic rings. The molecule has 1 N–H and O–H groups in total. The quantitative estimate of drug-likeness (QED) is 0.825. The number of hydrogen-bond donors (Lipinski definition) is 1. The summed E-state index contributed by atoms with van der Waals surface area (Å²) in [6.07, 6.45) is 5.97. The number of fused-ring (bicyclic) bond motifs is 2. The van der Waals surface area contributed by atoms with E-state index in [0.29, 0.717) is 12.1 Å². The second-order valence-corrected chi connectivity index (χ2v) is 6.17. The summed E-state index contributed by atoms with van der Waals surface area (Å²) in [7, 11) is 2.19. The smallest absolute Gasteiger partial charge is 0.110 e. The fourth-order valence-corrected chi connectivity index (χ4v) is 3.84. The van der Waals surface area contributed by atoms with Crippen molar-refractivity contribution in [2.75, 3.05) is 7.05 Å². The monoisotopic (exact) mass is 246 g/mol. The molecule has 3 heterocycles. The molecule has 1 aromatic rings. The van der Waals surface area contributed by atoms with Gasteiger partial charge in [0.2, 0.25) is 0 Å². The Hall–Kier alpha value is -0.930. The summed E-state index contributed by atoms with van der Waals surface area (Å²) in [4.78, 5) is 6.97. The Morgan fingerprint density at radius 1 is 1.28 bits per heavy atom. The van der Waals surface area contributed by atoms with Gasteiger partial charge in [0.05, 0.1) is 5.69 Å². The van der Waals surface area contributed by atoms with Gasteiger partial charge in [0, 0.05) is 18.3 Å². The van der Waals surface area contributed by atoms with Gasteiger partial charge in [0.1, 0.15) is 5.60 Å². The van der Waals surface area contributed by atoms with Crippen LogP contribution in [0.25, 0.3) is 0 Å². The molecule has 18 heavy (non-hydrogen) atoms. The van der Waals surface area contributed by atoms with Crippen molar-refractivity contribution in [1.29, 1.82) is 0 Å². The normalized spacial score (nSPS) is 36.0. The predicted molar refractivity (Wildman–Crippen MR) is 71.4 cm³/mol. The van der Waals surface area contributed by atoms with Crippen LogP contribution in [-0.2, 0) is 5.60 Å². The molecule has 2 fully saturated rings. The van der Waals surface area contributed by atoms with Crippen molar-refractivity contribution >= 4 is 0 Å². The van der Waals surface area contributed by atoms with E-state index in [9.17, 15) is 5.11 Å². The minimum absolute atomic E-state index is 0.524. The summed E-state index contributed by atoms with van der Waals surface area (Å²) in [5.41, 5.74) is 2.48. The SMILES string of the molecule is Cc1cnc(C2(O)CC3CCC(C2)N3C)c(C)c1. The second-order valence-electron chi connectivity index (χ2n) is 6.17. The van der Waals surface area contributed by atoms with Crippen LogP contribution >= 0.6 is 0 Å². The zero-order valence-electron chi connectivity index (χ0n) is 11.5. The Morgan fingerprint density at radius 2 is 1.89 bits per heavy atom. The molecule has 0 aliphatic carbocycles. The first-order valence-electron chi connectivity index (χ1n) is 6.88.